The van der Waals surface area contributed by atoms with Crippen LogP contribution in [0.25, 0.3) is 0 Å². The highest BCUT2D eigenvalue weighted by Gasteiger charge is 2.37. The minimum Gasteiger partial charge on any atom is -0.493 e. The van der Waals surface area contributed by atoms with Gasteiger partial charge in [0.15, 0.2) is 17.3 Å². The van der Waals surface area contributed by atoms with Gasteiger partial charge in [0.05, 0.1) is 43.9 Å². The van der Waals surface area contributed by atoms with Crippen molar-refractivity contribution in [1.82, 2.24) is 5.32 Å². The first kappa shape index (κ1) is 20.2. The van der Waals surface area contributed by atoms with Crippen LogP contribution < -0.4 is 19.5 Å². The van der Waals surface area contributed by atoms with E-state index in [0.29, 0.717) is 34.8 Å². The topological polar surface area (TPSA) is 80.6 Å². The summed E-state index contributed by atoms with van der Waals surface area (Å²) in [6, 6.07) is 6.00. The first-order valence-electron chi connectivity index (χ1n) is 9.19. The van der Waals surface area contributed by atoms with E-state index in [-0.39, 0.29) is 5.78 Å². The second kappa shape index (κ2) is 8.61. The quantitative estimate of drug-likeness (QED) is 0.776. The maximum atomic E-state index is 12.8. The largest absolute Gasteiger partial charge is 0.493 e. The number of dihydropyridines is 1. The number of ketones is 1. The van der Waals surface area contributed by atoms with Crippen LogP contribution in [-0.4, -0.2) is 32.9 Å². The third kappa shape index (κ3) is 3.45. The molecule has 6 nitrogen and oxygen atoms in total. The zero-order valence-corrected chi connectivity index (χ0v) is 17.4. The summed E-state index contributed by atoms with van der Waals surface area (Å²) in [4.78, 5) is 12.8. The summed E-state index contributed by atoms with van der Waals surface area (Å²) in [5.41, 5.74) is 2.93. The van der Waals surface area contributed by atoms with Crippen LogP contribution in [-0.2, 0) is 4.79 Å². The average molecular weight is 401 g/mol. The number of carbonyl (C=O) groups excluding carboxylic acids is 1. The summed E-state index contributed by atoms with van der Waals surface area (Å²) < 4.78 is 16.4. The number of methoxy groups -OCH3 is 3. The van der Waals surface area contributed by atoms with E-state index in [4.69, 9.17) is 14.2 Å². The van der Waals surface area contributed by atoms with Crippen LogP contribution in [0.3, 0.4) is 0 Å². The standard InChI is InChI=1S/C21H24N2O4S/c1-5-28-21-13(11-22)18(19-14(23-21)7-6-8-15(19)24)12-9-16(25-2)20(27-4)17(10-12)26-3/h9-10,18,23H,5-8H2,1-4H3/t18-/m1/s1. The molecular weight excluding hydrogens is 376 g/mol. The normalized spacial score (nSPS) is 19.0. The van der Waals surface area contributed by atoms with Gasteiger partial charge in [0.1, 0.15) is 0 Å². The van der Waals surface area contributed by atoms with Gasteiger partial charge in [-0.25, -0.2) is 0 Å². The molecule has 7 heteroatoms. The Morgan fingerprint density at radius 2 is 1.86 bits per heavy atom. The molecule has 0 saturated heterocycles. The third-order valence-electron chi connectivity index (χ3n) is 4.97. The Kier molecular flexibility index (Phi) is 6.20. The summed E-state index contributed by atoms with van der Waals surface area (Å²) in [6.07, 6.45) is 2.11. The van der Waals surface area contributed by atoms with Crippen LogP contribution in [0.1, 0.15) is 37.7 Å². The summed E-state index contributed by atoms with van der Waals surface area (Å²) in [5.74, 6) is 1.95. The van der Waals surface area contributed by atoms with Crippen LogP contribution >= 0.6 is 11.8 Å². The summed E-state index contributed by atoms with van der Waals surface area (Å²) >= 11 is 1.58. The van der Waals surface area contributed by atoms with E-state index < -0.39 is 5.92 Å². The van der Waals surface area contributed by atoms with E-state index in [9.17, 15) is 10.1 Å². The number of rotatable bonds is 6. The molecule has 0 bridgehead atoms. The Morgan fingerprint density at radius 3 is 2.39 bits per heavy atom. The number of carbonyl (C=O) groups is 1. The lowest BCUT2D eigenvalue weighted by Crippen LogP contribution is -2.31. The van der Waals surface area contributed by atoms with Gasteiger partial charge < -0.3 is 19.5 Å². The Morgan fingerprint density at radius 1 is 1.18 bits per heavy atom. The number of nitrogens with one attached hydrogen (secondary N) is 1. The van der Waals surface area contributed by atoms with Gasteiger partial charge in [-0.05, 0) is 36.3 Å². The number of allylic oxidation sites excluding steroid dienone is 3. The Labute approximate surface area is 169 Å². The summed E-state index contributed by atoms with van der Waals surface area (Å²) in [5, 5.41) is 14.1. The first-order chi connectivity index (χ1) is 13.6. The Balaban J connectivity index is 2.25. The highest BCUT2D eigenvalue weighted by molar-refractivity contribution is 8.03. The van der Waals surface area contributed by atoms with Crippen molar-refractivity contribution in [1.29, 1.82) is 5.26 Å². The minimum absolute atomic E-state index is 0.0841. The van der Waals surface area contributed by atoms with Gasteiger partial charge in [-0.3, -0.25) is 4.79 Å². The fraction of sp³-hybridized carbons (Fsp3) is 0.429. The molecule has 1 heterocycles. The maximum absolute atomic E-state index is 12.8. The average Bonchev–Trinajstić information content (AvgIpc) is 2.72. The number of ether oxygens (including phenoxy) is 3. The Bertz CT molecular complexity index is 873. The number of nitriles is 1. The molecule has 1 atom stereocenters. The van der Waals surface area contributed by atoms with E-state index in [1.807, 2.05) is 19.1 Å². The van der Waals surface area contributed by atoms with E-state index in [1.54, 1.807) is 33.1 Å². The second-order valence-electron chi connectivity index (χ2n) is 6.47. The molecule has 1 aliphatic carbocycles. The molecule has 148 valence electrons. The van der Waals surface area contributed by atoms with Gasteiger partial charge in [-0.15, -0.1) is 11.8 Å². The van der Waals surface area contributed by atoms with Crippen LogP contribution in [0.4, 0.5) is 0 Å². The van der Waals surface area contributed by atoms with Crippen LogP contribution in [0.15, 0.2) is 34.0 Å². The van der Waals surface area contributed by atoms with Crippen molar-refractivity contribution in [3.63, 3.8) is 0 Å². The number of Topliss-reactive ketones (excluding diaryl/α,β-unsaturated/α-hetero) is 1. The predicted molar refractivity (Wildman–Crippen MR) is 109 cm³/mol. The van der Waals surface area contributed by atoms with E-state index in [0.717, 1.165) is 34.9 Å². The molecule has 3 rings (SSSR count). The van der Waals surface area contributed by atoms with Crippen LogP contribution in [0.2, 0.25) is 0 Å². The molecule has 1 aromatic rings. The van der Waals surface area contributed by atoms with Crippen LogP contribution in [0.5, 0.6) is 17.2 Å². The molecule has 0 unspecified atom stereocenters. The van der Waals surface area contributed by atoms with Gasteiger partial charge in [-0.2, -0.15) is 5.26 Å². The third-order valence-corrected chi connectivity index (χ3v) is 5.87. The van der Waals surface area contributed by atoms with Crippen molar-refractivity contribution < 1.29 is 19.0 Å². The smallest absolute Gasteiger partial charge is 0.203 e. The van der Waals surface area contributed by atoms with Crippen molar-refractivity contribution in [2.75, 3.05) is 27.1 Å². The molecule has 1 aromatic carbocycles. The SMILES string of the molecule is CCSC1=C(C#N)[C@@H](c2cc(OC)c(OC)c(OC)c2)C2=C(CCCC2=O)N1. The monoisotopic (exact) mass is 400 g/mol. The Hall–Kier alpha value is -2.59. The predicted octanol–water partition coefficient (Wildman–Crippen LogP) is 3.89. The summed E-state index contributed by atoms with van der Waals surface area (Å²) in [7, 11) is 4.66. The molecule has 0 spiro atoms. The van der Waals surface area contributed by atoms with Crippen molar-refractivity contribution in [3.05, 3.63) is 39.6 Å². The highest BCUT2D eigenvalue weighted by Crippen LogP contribution is 2.48. The molecule has 1 N–H and O–H groups in total. The van der Waals surface area contributed by atoms with Gasteiger partial charge in [-0.1, -0.05) is 6.92 Å². The number of nitrogens with zero attached hydrogens (tertiary/aromatic N) is 1. The van der Waals surface area contributed by atoms with Gasteiger partial charge in [0.2, 0.25) is 5.75 Å². The van der Waals surface area contributed by atoms with Crippen molar-refractivity contribution >= 4 is 17.5 Å². The van der Waals surface area contributed by atoms with Gasteiger partial charge >= 0.3 is 0 Å². The number of hydrogen-bond acceptors (Lipinski definition) is 7. The number of benzene rings is 1. The van der Waals surface area contributed by atoms with E-state index in [1.165, 1.54) is 0 Å². The van der Waals surface area contributed by atoms with E-state index >= 15 is 0 Å². The van der Waals surface area contributed by atoms with Gasteiger partial charge in [0.25, 0.3) is 0 Å². The zero-order valence-electron chi connectivity index (χ0n) is 16.5. The fourth-order valence-corrected chi connectivity index (χ4v) is 4.59. The minimum atomic E-state index is -0.447. The number of thioether (sulfide) groups is 1. The van der Waals surface area contributed by atoms with Crippen molar-refractivity contribution in [3.8, 4) is 23.3 Å². The molecule has 1 aliphatic heterocycles. The van der Waals surface area contributed by atoms with Crippen LogP contribution in [0, 0.1) is 11.3 Å². The second-order valence-corrected chi connectivity index (χ2v) is 7.75. The highest BCUT2D eigenvalue weighted by atomic mass is 32.2. The van der Waals surface area contributed by atoms with Gasteiger partial charge in [0, 0.05) is 17.7 Å². The molecule has 0 fully saturated rings. The zero-order chi connectivity index (χ0) is 20.3. The molecule has 2 aliphatic rings. The molecule has 0 aromatic heterocycles. The van der Waals surface area contributed by atoms with E-state index in [2.05, 4.69) is 11.4 Å². The lowest BCUT2D eigenvalue weighted by Gasteiger charge is -2.33. The molecule has 0 radical (unpaired) electrons. The molecular formula is C21H24N2O4S. The first-order valence-corrected chi connectivity index (χ1v) is 10.2. The molecule has 0 saturated carbocycles. The maximum Gasteiger partial charge on any atom is 0.203 e. The lowest BCUT2D eigenvalue weighted by molar-refractivity contribution is -0.116. The molecule has 0 amide bonds. The van der Waals surface area contributed by atoms with Crippen molar-refractivity contribution in [2.45, 2.75) is 32.1 Å². The number of hydrogen-bond donors (Lipinski definition) is 1. The van der Waals surface area contributed by atoms with Crippen molar-refractivity contribution in [2.24, 2.45) is 0 Å². The summed E-state index contributed by atoms with van der Waals surface area (Å²) in [6.45, 7) is 2.04. The lowest BCUT2D eigenvalue weighted by atomic mass is 9.76. The fourth-order valence-electron chi connectivity index (χ4n) is 3.78. The molecule has 28 heavy (non-hydrogen) atoms.